The van der Waals surface area contributed by atoms with E-state index in [4.69, 9.17) is 9.15 Å². The van der Waals surface area contributed by atoms with Crippen LogP contribution < -0.4 is 10.1 Å². The molecule has 0 aliphatic heterocycles. The van der Waals surface area contributed by atoms with Crippen LogP contribution in [0.2, 0.25) is 0 Å². The van der Waals surface area contributed by atoms with Crippen molar-refractivity contribution < 1.29 is 23.1 Å². The van der Waals surface area contributed by atoms with E-state index < -0.39 is 11.7 Å². The Labute approximate surface area is 174 Å². The van der Waals surface area contributed by atoms with Crippen molar-refractivity contribution in [1.82, 2.24) is 4.90 Å². The minimum absolute atomic E-state index is 0.120. The highest BCUT2D eigenvalue weighted by molar-refractivity contribution is 5.94. The van der Waals surface area contributed by atoms with Crippen LogP contribution in [0.3, 0.4) is 0 Å². The van der Waals surface area contributed by atoms with E-state index in [0.29, 0.717) is 23.6 Å². The number of nitrogens with one attached hydrogen (secondary N) is 1. The number of benzene rings is 2. The van der Waals surface area contributed by atoms with Crippen molar-refractivity contribution in [3.8, 4) is 17.1 Å². The maximum absolute atomic E-state index is 13.2. The molecular weight excluding hydrogens is 387 g/mol. The number of nitrogens with zero attached hydrogens (tertiary/aromatic N) is 1. The summed E-state index contributed by atoms with van der Waals surface area (Å²) in [5.74, 6) is 1.14. The summed E-state index contributed by atoms with van der Waals surface area (Å²) < 4.78 is 24.1. The molecule has 3 rings (SSSR count). The van der Waals surface area contributed by atoms with Gasteiger partial charge in [0.25, 0.3) is 0 Å². The molecule has 0 saturated carbocycles. The Morgan fingerprint density at radius 2 is 1.87 bits per heavy atom. The zero-order chi connectivity index (χ0) is 21.5. The summed E-state index contributed by atoms with van der Waals surface area (Å²) in [4.78, 5) is 25.7. The van der Waals surface area contributed by atoms with Gasteiger partial charge >= 0.3 is 0 Å². The van der Waals surface area contributed by atoms with Crippen LogP contribution in [0.1, 0.15) is 12.2 Å². The molecule has 0 bridgehead atoms. The molecule has 1 N–H and O–H groups in total. The molecule has 0 aliphatic rings. The number of carbonyl (C=O) groups is 2. The van der Waals surface area contributed by atoms with Crippen LogP contribution in [-0.4, -0.2) is 37.4 Å². The molecule has 0 saturated heterocycles. The van der Waals surface area contributed by atoms with Gasteiger partial charge in [-0.3, -0.25) is 9.59 Å². The number of hydrogen-bond donors (Lipinski definition) is 1. The summed E-state index contributed by atoms with van der Waals surface area (Å²) in [7, 11) is 3.16. The van der Waals surface area contributed by atoms with Crippen molar-refractivity contribution in [3.63, 3.8) is 0 Å². The molecule has 156 valence electrons. The molecule has 3 aromatic rings. The number of amides is 2. The van der Waals surface area contributed by atoms with Gasteiger partial charge in [-0.1, -0.05) is 6.07 Å². The normalized spacial score (nSPS) is 10.5. The summed E-state index contributed by atoms with van der Waals surface area (Å²) in [5, 5.41) is 2.57. The maximum atomic E-state index is 13.2. The van der Waals surface area contributed by atoms with Gasteiger partial charge in [0, 0.05) is 31.1 Å². The smallest absolute Gasteiger partial charge is 0.243 e. The van der Waals surface area contributed by atoms with E-state index in [1.54, 1.807) is 20.2 Å². The molecule has 7 heteroatoms. The van der Waals surface area contributed by atoms with Gasteiger partial charge in [0.05, 0.1) is 13.7 Å². The number of hydrogen-bond acceptors (Lipinski definition) is 4. The van der Waals surface area contributed by atoms with Gasteiger partial charge in [0.2, 0.25) is 11.8 Å². The molecule has 0 aliphatic carbocycles. The summed E-state index contributed by atoms with van der Waals surface area (Å²) in [6.45, 7) is -0.120. The molecule has 0 spiro atoms. The monoisotopic (exact) mass is 410 g/mol. The van der Waals surface area contributed by atoms with Crippen molar-refractivity contribution in [3.05, 3.63) is 72.2 Å². The van der Waals surface area contributed by atoms with Crippen molar-refractivity contribution in [2.45, 2.75) is 12.8 Å². The second-order valence-electron chi connectivity index (χ2n) is 6.80. The molecule has 0 unspecified atom stereocenters. The largest absolute Gasteiger partial charge is 0.497 e. The molecule has 2 amide bonds. The van der Waals surface area contributed by atoms with Crippen LogP contribution in [-0.2, 0) is 16.0 Å². The molecule has 6 nitrogen and oxygen atoms in total. The molecular formula is C23H23FN2O4. The molecule has 1 aromatic heterocycles. The Balaban J connectivity index is 1.48. The SMILES string of the molecule is COc1ccc(-c2ccc(CCC(=O)N(C)CC(=O)Nc3cccc(F)c3)o2)cc1. The van der Waals surface area contributed by atoms with Gasteiger partial charge in [0.15, 0.2) is 0 Å². The van der Waals surface area contributed by atoms with Crippen LogP contribution >= 0.6 is 0 Å². The second kappa shape index (κ2) is 9.73. The number of rotatable bonds is 8. The third-order valence-corrected chi connectivity index (χ3v) is 4.54. The van der Waals surface area contributed by atoms with Crippen molar-refractivity contribution in [2.24, 2.45) is 0 Å². The third-order valence-electron chi connectivity index (χ3n) is 4.54. The molecule has 0 radical (unpaired) electrons. The minimum atomic E-state index is -0.440. The minimum Gasteiger partial charge on any atom is -0.497 e. The first-order valence-electron chi connectivity index (χ1n) is 9.47. The molecule has 2 aromatic carbocycles. The Kier molecular flexibility index (Phi) is 6.85. The fourth-order valence-corrected chi connectivity index (χ4v) is 2.91. The summed E-state index contributed by atoms with van der Waals surface area (Å²) in [5.41, 5.74) is 1.27. The first-order valence-corrected chi connectivity index (χ1v) is 9.47. The zero-order valence-electron chi connectivity index (χ0n) is 16.9. The van der Waals surface area contributed by atoms with E-state index >= 15 is 0 Å². The number of anilines is 1. The number of likely N-dealkylation sites (N-methyl/N-ethyl adjacent to an activating group) is 1. The summed E-state index contributed by atoms with van der Waals surface area (Å²) in [6, 6.07) is 16.8. The number of ether oxygens (including phenoxy) is 1. The highest BCUT2D eigenvalue weighted by Crippen LogP contribution is 2.25. The number of aryl methyl sites for hydroxylation is 1. The average Bonchev–Trinajstić information content (AvgIpc) is 3.21. The summed E-state index contributed by atoms with van der Waals surface area (Å²) >= 11 is 0. The summed E-state index contributed by atoms with van der Waals surface area (Å²) in [6.07, 6.45) is 0.629. The van der Waals surface area contributed by atoms with Crippen LogP contribution in [0.5, 0.6) is 5.75 Å². The predicted octanol–water partition coefficient (Wildman–Crippen LogP) is 4.12. The molecule has 0 fully saturated rings. The van der Waals surface area contributed by atoms with Gasteiger partial charge in [0.1, 0.15) is 23.1 Å². The van der Waals surface area contributed by atoms with E-state index in [9.17, 15) is 14.0 Å². The lowest BCUT2D eigenvalue weighted by molar-refractivity contribution is -0.133. The van der Waals surface area contributed by atoms with Gasteiger partial charge in [-0.25, -0.2) is 4.39 Å². The number of furan rings is 1. The van der Waals surface area contributed by atoms with E-state index in [2.05, 4.69) is 5.32 Å². The van der Waals surface area contributed by atoms with Crippen molar-refractivity contribution in [1.29, 1.82) is 0 Å². The highest BCUT2D eigenvalue weighted by Gasteiger charge is 2.14. The van der Waals surface area contributed by atoms with Crippen molar-refractivity contribution in [2.75, 3.05) is 26.0 Å². The fraction of sp³-hybridized carbons (Fsp3) is 0.217. The van der Waals surface area contributed by atoms with E-state index in [1.807, 2.05) is 36.4 Å². The van der Waals surface area contributed by atoms with E-state index in [1.165, 1.54) is 23.1 Å². The first-order chi connectivity index (χ1) is 14.4. The topological polar surface area (TPSA) is 71.8 Å². The van der Waals surface area contributed by atoms with Gasteiger partial charge in [-0.2, -0.15) is 0 Å². The Hall–Kier alpha value is -3.61. The standard InChI is InChI=1S/C23H23FN2O4/c1-26(15-22(27)25-18-5-3-4-17(24)14-18)23(28)13-11-20-10-12-21(30-20)16-6-8-19(29-2)9-7-16/h3-10,12,14H,11,13,15H2,1-2H3,(H,25,27). The lowest BCUT2D eigenvalue weighted by Gasteiger charge is -2.16. The number of methoxy groups -OCH3 is 1. The van der Waals surface area contributed by atoms with Crippen LogP contribution in [0, 0.1) is 5.82 Å². The van der Waals surface area contributed by atoms with E-state index in [0.717, 1.165) is 11.3 Å². The van der Waals surface area contributed by atoms with Gasteiger partial charge in [-0.15, -0.1) is 0 Å². The third kappa shape index (κ3) is 5.70. The quantitative estimate of drug-likeness (QED) is 0.606. The fourth-order valence-electron chi connectivity index (χ4n) is 2.91. The van der Waals surface area contributed by atoms with Gasteiger partial charge < -0.3 is 19.4 Å². The number of carbonyl (C=O) groups excluding carboxylic acids is 2. The Bertz CT molecular complexity index is 1010. The second-order valence-corrected chi connectivity index (χ2v) is 6.80. The van der Waals surface area contributed by atoms with Crippen LogP contribution in [0.15, 0.2) is 65.1 Å². The predicted molar refractivity (Wildman–Crippen MR) is 112 cm³/mol. The first kappa shape index (κ1) is 21.1. The van der Waals surface area contributed by atoms with E-state index in [-0.39, 0.29) is 18.9 Å². The Morgan fingerprint density at radius 3 is 2.57 bits per heavy atom. The number of halogens is 1. The lowest BCUT2D eigenvalue weighted by Crippen LogP contribution is -2.35. The van der Waals surface area contributed by atoms with Crippen LogP contribution in [0.4, 0.5) is 10.1 Å². The average molecular weight is 410 g/mol. The molecule has 0 atom stereocenters. The van der Waals surface area contributed by atoms with Crippen molar-refractivity contribution >= 4 is 17.5 Å². The zero-order valence-corrected chi connectivity index (χ0v) is 16.9. The Morgan fingerprint density at radius 1 is 1.10 bits per heavy atom. The van der Waals surface area contributed by atoms with Crippen LogP contribution in [0.25, 0.3) is 11.3 Å². The molecule has 30 heavy (non-hydrogen) atoms. The lowest BCUT2D eigenvalue weighted by atomic mass is 10.2. The van der Waals surface area contributed by atoms with Gasteiger partial charge in [-0.05, 0) is 54.6 Å². The maximum Gasteiger partial charge on any atom is 0.243 e. The highest BCUT2D eigenvalue weighted by atomic mass is 19.1. The molecule has 1 heterocycles.